The van der Waals surface area contributed by atoms with Gasteiger partial charge in [0.1, 0.15) is 0 Å². The standard InChI is InChI=1S/C65H61N3O2/c1-10-12-17-41(11-2)37-66-57-31-30-52-59-51(62(69)68(63(52)70)61-39(4)32-38(3)33-40(61)5)29-28-50(60(57)59)49-27-24-44(36-58(49)66)67(42-22-25-47-45-18-13-15-20-53(45)64(6,7)55(47)34-42)43-23-26-48-46-19-14-16-21-54(46)65(8,9)56(48)35-43/h13-16,18-36,41H,10-12,17,37H2,1-9H3. The Morgan fingerprint density at radius 3 is 1.59 bits per heavy atom. The Labute approximate surface area is 411 Å². The number of rotatable bonds is 10. The number of hydrogen-bond donors (Lipinski definition) is 0. The molecule has 10 aromatic rings. The van der Waals surface area contributed by atoms with E-state index < -0.39 is 0 Å². The molecule has 70 heavy (non-hydrogen) atoms. The Morgan fingerprint density at radius 2 is 1.01 bits per heavy atom. The lowest BCUT2D eigenvalue weighted by Crippen LogP contribution is -2.33. The van der Waals surface area contributed by atoms with Gasteiger partial charge in [-0.15, -0.1) is 0 Å². The van der Waals surface area contributed by atoms with Crippen molar-refractivity contribution >= 4 is 60.4 Å². The molecule has 8 aromatic carbocycles. The molecule has 12 rings (SSSR count). The Bertz CT molecular complexity index is 3780. The lowest BCUT2D eigenvalue weighted by Gasteiger charge is -2.30. The van der Waals surface area contributed by atoms with Gasteiger partial charge in [-0.3, -0.25) is 9.59 Å². The quantitative estimate of drug-likeness (QED) is 0.101. The molecule has 0 bridgehead atoms. The lowest BCUT2D eigenvalue weighted by molar-refractivity contribution is 0.400. The van der Waals surface area contributed by atoms with Gasteiger partial charge >= 0.3 is 0 Å². The van der Waals surface area contributed by atoms with Crippen LogP contribution in [0.5, 0.6) is 0 Å². The van der Waals surface area contributed by atoms with Gasteiger partial charge < -0.3 is 9.47 Å². The summed E-state index contributed by atoms with van der Waals surface area (Å²) in [6, 6.07) is 51.3. The Hall–Kier alpha value is -7.24. The number of hydrogen-bond acceptors (Lipinski definition) is 3. The number of nitrogens with zero attached hydrogens (tertiary/aromatic N) is 3. The summed E-state index contributed by atoms with van der Waals surface area (Å²) in [6.07, 6.45) is 4.48. The van der Waals surface area contributed by atoms with Crippen molar-refractivity contribution < 1.29 is 0 Å². The summed E-state index contributed by atoms with van der Waals surface area (Å²) in [6.45, 7) is 20.9. The predicted octanol–water partition coefficient (Wildman–Crippen LogP) is 16.3. The van der Waals surface area contributed by atoms with Crippen molar-refractivity contribution in [3.05, 3.63) is 199 Å². The van der Waals surface area contributed by atoms with E-state index in [0.29, 0.717) is 22.4 Å². The zero-order valence-corrected chi connectivity index (χ0v) is 42.1. The van der Waals surface area contributed by atoms with E-state index in [1.54, 1.807) is 0 Å². The number of aryl methyl sites for hydroxylation is 3. The van der Waals surface area contributed by atoms with E-state index in [-0.39, 0.29) is 21.9 Å². The van der Waals surface area contributed by atoms with Gasteiger partial charge in [-0.05, 0) is 149 Å². The molecule has 0 saturated heterocycles. The van der Waals surface area contributed by atoms with Crippen LogP contribution < -0.4 is 16.0 Å². The minimum atomic E-state index is -0.268. The first kappa shape index (κ1) is 44.0. The minimum absolute atomic E-state index is 0.171. The van der Waals surface area contributed by atoms with Crippen LogP contribution in [-0.4, -0.2) is 9.13 Å². The number of fused-ring (bicyclic) bond motifs is 8. The summed E-state index contributed by atoms with van der Waals surface area (Å²) in [4.78, 5) is 32.1. The highest BCUT2D eigenvalue weighted by Crippen LogP contribution is 2.53. The SMILES string of the molecule is CCCCC(CC)Cn1c2cc(N(c3ccc4c(c3)C(C)(C)c3ccccc3-4)c3ccc4c(c3)C(C)(C)c3ccccc3-4)ccc2c2ccc3c(=O)n(-c4c(C)cc(C)cc4C)c(=O)c4ccc1c2c34. The molecular weight excluding hydrogens is 855 g/mol. The molecular formula is C65H61N3O2. The molecule has 0 aliphatic heterocycles. The van der Waals surface area contributed by atoms with Crippen molar-refractivity contribution in [1.82, 2.24) is 9.13 Å². The zero-order valence-electron chi connectivity index (χ0n) is 42.1. The maximum absolute atomic E-state index is 14.8. The fraction of sp³-hybridized carbons (Fsp3) is 0.262. The van der Waals surface area contributed by atoms with Crippen LogP contribution in [0.4, 0.5) is 17.1 Å². The Kier molecular flexibility index (Phi) is 9.99. The third-order valence-corrected chi connectivity index (χ3v) is 16.6. The molecule has 348 valence electrons. The molecule has 0 amide bonds. The molecule has 2 aliphatic carbocycles. The molecule has 0 spiro atoms. The fourth-order valence-corrected chi connectivity index (χ4v) is 13.1. The monoisotopic (exact) mass is 915 g/mol. The van der Waals surface area contributed by atoms with E-state index >= 15 is 0 Å². The topological polar surface area (TPSA) is 47.2 Å². The molecule has 0 saturated carbocycles. The molecule has 2 heterocycles. The Balaban J connectivity index is 1.12. The van der Waals surface area contributed by atoms with Crippen molar-refractivity contribution in [2.24, 2.45) is 5.92 Å². The molecule has 2 aliphatic rings. The molecule has 1 atom stereocenters. The summed E-state index contributed by atoms with van der Waals surface area (Å²) in [5.74, 6) is 0.437. The highest BCUT2D eigenvalue weighted by atomic mass is 16.2. The first-order valence-corrected chi connectivity index (χ1v) is 25.5. The van der Waals surface area contributed by atoms with Crippen LogP contribution in [0.15, 0.2) is 149 Å². The predicted molar refractivity (Wildman–Crippen MR) is 295 cm³/mol. The van der Waals surface area contributed by atoms with E-state index in [2.05, 4.69) is 185 Å². The molecule has 2 aromatic heterocycles. The molecule has 0 fully saturated rings. The maximum atomic E-state index is 14.8. The maximum Gasteiger partial charge on any atom is 0.266 e. The van der Waals surface area contributed by atoms with Crippen LogP contribution in [0.25, 0.3) is 71.3 Å². The fourth-order valence-electron chi connectivity index (χ4n) is 13.1. The van der Waals surface area contributed by atoms with Crippen LogP contribution in [0.1, 0.15) is 106 Å². The number of unbranched alkanes of at least 4 members (excludes halogenated alkanes) is 1. The van der Waals surface area contributed by atoms with Crippen molar-refractivity contribution in [3.8, 4) is 27.9 Å². The largest absolute Gasteiger partial charge is 0.340 e. The molecule has 5 nitrogen and oxygen atoms in total. The van der Waals surface area contributed by atoms with Crippen molar-refractivity contribution in [3.63, 3.8) is 0 Å². The summed E-state index contributed by atoms with van der Waals surface area (Å²) in [7, 11) is 0. The summed E-state index contributed by atoms with van der Waals surface area (Å²) >= 11 is 0. The van der Waals surface area contributed by atoms with Crippen LogP contribution in [-0.2, 0) is 17.4 Å². The Morgan fingerprint density at radius 1 is 0.514 bits per heavy atom. The minimum Gasteiger partial charge on any atom is -0.340 e. The van der Waals surface area contributed by atoms with Gasteiger partial charge in [-0.25, -0.2) is 4.57 Å². The van der Waals surface area contributed by atoms with Crippen molar-refractivity contribution in [2.75, 3.05) is 4.90 Å². The summed E-state index contributed by atoms with van der Waals surface area (Å²) in [5, 5.41) is 5.04. The molecule has 0 radical (unpaired) electrons. The first-order valence-electron chi connectivity index (χ1n) is 25.5. The first-order chi connectivity index (χ1) is 33.7. The van der Waals surface area contributed by atoms with Crippen LogP contribution in [0.3, 0.4) is 0 Å². The second kappa shape index (κ2) is 15.9. The second-order valence-corrected chi connectivity index (χ2v) is 21.6. The second-order valence-electron chi connectivity index (χ2n) is 21.6. The smallest absolute Gasteiger partial charge is 0.266 e. The van der Waals surface area contributed by atoms with E-state index in [4.69, 9.17) is 0 Å². The normalized spacial score (nSPS) is 14.6. The molecule has 5 heteroatoms. The van der Waals surface area contributed by atoms with Gasteiger partial charge in [0, 0.05) is 66.9 Å². The van der Waals surface area contributed by atoms with E-state index in [1.807, 2.05) is 26.0 Å². The van der Waals surface area contributed by atoms with Gasteiger partial charge in [-0.2, -0.15) is 0 Å². The molecule has 1 unspecified atom stereocenters. The highest BCUT2D eigenvalue weighted by Gasteiger charge is 2.38. The number of anilines is 3. The average Bonchev–Trinajstić information content (AvgIpc) is 3.72. The summed E-state index contributed by atoms with van der Waals surface area (Å²) in [5.41, 5.74) is 18.8. The van der Waals surface area contributed by atoms with E-state index in [9.17, 15) is 9.59 Å². The van der Waals surface area contributed by atoms with Crippen molar-refractivity contribution in [2.45, 2.75) is 105 Å². The van der Waals surface area contributed by atoms with Crippen molar-refractivity contribution in [1.29, 1.82) is 0 Å². The molecule has 0 N–H and O–H groups in total. The number of aromatic nitrogens is 2. The number of pyridine rings is 2. The third kappa shape index (κ3) is 6.29. The van der Waals surface area contributed by atoms with Gasteiger partial charge in [0.25, 0.3) is 11.1 Å². The zero-order chi connectivity index (χ0) is 48.5. The number of benzene rings is 8. The summed E-state index contributed by atoms with van der Waals surface area (Å²) < 4.78 is 3.95. The average molecular weight is 916 g/mol. The van der Waals surface area contributed by atoms with Crippen LogP contribution >= 0.6 is 0 Å². The van der Waals surface area contributed by atoms with Crippen LogP contribution in [0, 0.1) is 26.7 Å². The van der Waals surface area contributed by atoms with Crippen LogP contribution in [0.2, 0.25) is 0 Å². The van der Waals surface area contributed by atoms with E-state index in [0.717, 1.165) is 98.6 Å². The van der Waals surface area contributed by atoms with Gasteiger partial charge in [0.15, 0.2) is 0 Å². The van der Waals surface area contributed by atoms with Gasteiger partial charge in [0.05, 0.1) is 11.2 Å². The lowest BCUT2D eigenvalue weighted by atomic mass is 9.82. The van der Waals surface area contributed by atoms with Gasteiger partial charge in [0.2, 0.25) is 0 Å². The van der Waals surface area contributed by atoms with E-state index in [1.165, 1.54) is 49.1 Å². The third-order valence-electron chi connectivity index (χ3n) is 16.6. The van der Waals surface area contributed by atoms with Gasteiger partial charge in [-0.1, -0.05) is 151 Å². The highest BCUT2D eigenvalue weighted by molar-refractivity contribution is 6.27.